The Hall–Kier alpha value is -8.81. The van der Waals surface area contributed by atoms with Crippen molar-refractivity contribution in [2.24, 2.45) is 0 Å². The van der Waals surface area contributed by atoms with E-state index in [1.165, 1.54) is 0 Å². The zero-order chi connectivity index (χ0) is 64.3. The van der Waals surface area contributed by atoms with Gasteiger partial charge in [-0.25, -0.2) is 25.3 Å². The number of ether oxygens (including phenoxy) is 3. The standard InChI is InChI=1S/C23H25N3O4S.C23H27N3O3S.C22H23N3O4S/c1-25(2)21-7-3-6-20-19(21)5-4-8-22(20)31(28,29)24-18-11-9-17(10-12-18)15-26-13-14-30-16-23(26)27;1-25(2)22-7-3-6-21-20(22)5-4-8-23(21)30(27,28)24-19-11-9-18(10-12-19)17-26-13-15-29-16-14-26;1-23-20-6-2-5-19-18(20)4-3-7-21(19)30(27,28)24-17-10-8-16(9-11-17)14-25-12-13-29-15-22(25)26/h3-12,24H,13-16H2,1-2H3;3-12,24H,13-17H2,1-2H3;2-11,23-24H,12-15H2,1H3. The summed E-state index contributed by atoms with van der Waals surface area (Å²) in [6, 6.07) is 54.5. The summed E-state index contributed by atoms with van der Waals surface area (Å²) in [5, 5.41) is 7.75. The Morgan fingerprint density at radius 3 is 1.09 bits per heavy atom. The molecular weight excluding hydrogens is 1220 g/mol. The number of amides is 2. The number of rotatable bonds is 18. The fourth-order valence-corrected chi connectivity index (χ4v) is 14.9. The number of carbonyl (C=O) groups is 2. The summed E-state index contributed by atoms with van der Waals surface area (Å²) >= 11 is 0. The highest BCUT2D eigenvalue weighted by atomic mass is 32.2. The van der Waals surface area contributed by atoms with Crippen molar-refractivity contribution in [2.45, 2.75) is 34.3 Å². The van der Waals surface area contributed by atoms with Gasteiger partial charge >= 0.3 is 0 Å². The molecule has 9 aromatic carbocycles. The lowest BCUT2D eigenvalue weighted by Crippen LogP contribution is -2.40. The molecule has 9 aromatic rings. The first kappa shape index (κ1) is 65.2. The minimum atomic E-state index is -3.78. The minimum Gasteiger partial charge on any atom is -0.388 e. The van der Waals surface area contributed by atoms with Crippen molar-refractivity contribution in [3.05, 3.63) is 199 Å². The number of nitrogens with one attached hydrogen (secondary N) is 4. The molecule has 0 saturated carbocycles. The second-order valence-electron chi connectivity index (χ2n) is 22.5. The average Bonchev–Trinajstić information content (AvgIpc) is 1.93. The van der Waals surface area contributed by atoms with Gasteiger partial charge in [-0.15, -0.1) is 0 Å². The normalized spacial score (nSPS) is 14.9. The molecule has 20 nitrogen and oxygen atoms in total. The first-order chi connectivity index (χ1) is 43.8. The largest absolute Gasteiger partial charge is 0.388 e. The zero-order valence-electron chi connectivity index (χ0n) is 51.5. The van der Waals surface area contributed by atoms with Crippen LogP contribution in [0.25, 0.3) is 32.3 Å². The lowest BCUT2D eigenvalue weighted by atomic mass is 10.1. The van der Waals surface area contributed by atoms with Crippen molar-refractivity contribution in [3.63, 3.8) is 0 Å². The van der Waals surface area contributed by atoms with E-state index in [4.69, 9.17) is 14.2 Å². The molecule has 3 fully saturated rings. The number of fused-ring (bicyclic) bond motifs is 3. The van der Waals surface area contributed by atoms with E-state index >= 15 is 0 Å². The summed E-state index contributed by atoms with van der Waals surface area (Å²) in [7, 11) is -1.70. The van der Waals surface area contributed by atoms with Crippen molar-refractivity contribution < 1.29 is 49.1 Å². The molecule has 3 aliphatic rings. The second-order valence-corrected chi connectivity index (χ2v) is 27.4. The highest BCUT2D eigenvalue weighted by Gasteiger charge is 2.24. The van der Waals surface area contributed by atoms with E-state index in [9.17, 15) is 34.8 Å². The molecule has 12 rings (SSSR count). The van der Waals surface area contributed by atoms with Crippen LogP contribution < -0.4 is 29.3 Å². The predicted octanol–water partition coefficient (Wildman–Crippen LogP) is 9.65. The molecule has 2 amide bonds. The number of morpholine rings is 3. The van der Waals surface area contributed by atoms with Crippen LogP contribution in [0.2, 0.25) is 0 Å². The van der Waals surface area contributed by atoms with Crippen LogP contribution in [0, 0.1) is 0 Å². The molecule has 23 heteroatoms. The van der Waals surface area contributed by atoms with Crippen LogP contribution in [0.4, 0.5) is 34.1 Å². The first-order valence-electron chi connectivity index (χ1n) is 29.7. The van der Waals surface area contributed by atoms with Crippen LogP contribution >= 0.6 is 0 Å². The van der Waals surface area contributed by atoms with Gasteiger partial charge in [0.15, 0.2) is 0 Å². The molecule has 0 atom stereocenters. The molecule has 0 aromatic heterocycles. The van der Waals surface area contributed by atoms with Crippen LogP contribution in [0.1, 0.15) is 16.7 Å². The van der Waals surface area contributed by atoms with Gasteiger partial charge in [-0.2, -0.15) is 0 Å². The molecule has 91 heavy (non-hydrogen) atoms. The zero-order valence-corrected chi connectivity index (χ0v) is 53.9. The van der Waals surface area contributed by atoms with Gasteiger partial charge in [-0.1, -0.05) is 109 Å². The first-order valence-corrected chi connectivity index (χ1v) is 34.2. The number of carbonyl (C=O) groups excluding carboxylic acids is 2. The van der Waals surface area contributed by atoms with Crippen molar-refractivity contribution >= 4 is 108 Å². The molecule has 0 unspecified atom stereocenters. The van der Waals surface area contributed by atoms with Gasteiger partial charge in [0, 0.05) is 147 Å². The lowest BCUT2D eigenvalue weighted by molar-refractivity contribution is -0.144. The highest BCUT2D eigenvalue weighted by molar-refractivity contribution is 7.93. The van der Waals surface area contributed by atoms with E-state index in [0.717, 1.165) is 82.8 Å². The van der Waals surface area contributed by atoms with E-state index in [1.807, 2.05) is 153 Å². The van der Waals surface area contributed by atoms with Gasteiger partial charge < -0.3 is 39.1 Å². The monoisotopic (exact) mass is 1290 g/mol. The summed E-state index contributed by atoms with van der Waals surface area (Å²) in [5.74, 6) is -0.0769. The second kappa shape index (κ2) is 29.0. The average molecular weight is 1290 g/mol. The summed E-state index contributed by atoms with van der Waals surface area (Å²) in [6.45, 7) is 7.56. The molecule has 0 radical (unpaired) electrons. The van der Waals surface area contributed by atoms with E-state index in [-0.39, 0.29) is 39.7 Å². The van der Waals surface area contributed by atoms with Crippen molar-refractivity contribution in [1.82, 2.24) is 14.7 Å². The molecule has 0 bridgehead atoms. The van der Waals surface area contributed by atoms with Gasteiger partial charge in [0.1, 0.15) is 13.2 Å². The molecule has 0 spiro atoms. The molecular formula is C68H75N9O11S3. The Morgan fingerprint density at radius 1 is 0.385 bits per heavy atom. The van der Waals surface area contributed by atoms with Gasteiger partial charge in [-0.3, -0.25) is 28.7 Å². The molecule has 4 N–H and O–H groups in total. The fraction of sp³-hybridized carbons (Fsp3) is 0.265. The summed E-state index contributed by atoms with van der Waals surface area (Å²) in [5.41, 5.74) is 7.31. The molecule has 3 heterocycles. The Kier molecular flexibility index (Phi) is 20.8. The molecule has 0 aliphatic carbocycles. The van der Waals surface area contributed by atoms with E-state index in [2.05, 4.69) is 24.4 Å². The molecule has 3 saturated heterocycles. The number of benzene rings is 9. The summed E-state index contributed by atoms with van der Waals surface area (Å²) in [6.07, 6.45) is 0. The third kappa shape index (κ3) is 16.0. The topological polar surface area (TPSA) is 229 Å². The highest BCUT2D eigenvalue weighted by Crippen LogP contribution is 2.34. The Morgan fingerprint density at radius 2 is 0.714 bits per heavy atom. The molecule has 476 valence electrons. The van der Waals surface area contributed by atoms with E-state index < -0.39 is 30.1 Å². The Bertz CT molecular complexity index is 4400. The van der Waals surface area contributed by atoms with E-state index in [0.29, 0.717) is 72.6 Å². The number of anilines is 6. The van der Waals surface area contributed by atoms with Crippen LogP contribution in [0.15, 0.2) is 197 Å². The number of hydrogen-bond acceptors (Lipinski definition) is 15. The lowest BCUT2D eigenvalue weighted by Gasteiger charge is -2.26. The Balaban J connectivity index is 0.000000150. The quantitative estimate of drug-likeness (QED) is 0.0627. The van der Waals surface area contributed by atoms with Gasteiger partial charge in [-0.05, 0) is 89.5 Å². The number of sulfonamides is 3. The van der Waals surface area contributed by atoms with Crippen molar-refractivity contribution in [2.75, 3.05) is 130 Å². The maximum absolute atomic E-state index is 13.2. The van der Waals surface area contributed by atoms with Gasteiger partial charge in [0.2, 0.25) is 11.8 Å². The van der Waals surface area contributed by atoms with Crippen LogP contribution in [0.3, 0.4) is 0 Å². The van der Waals surface area contributed by atoms with Gasteiger partial charge in [0.05, 0.1) is 41.1 Å². The number of hydrogen-bond donors (Lipinski definition) is 4. The van der Waals surface area contributed by atoms with Crippen LogP contribution in [-0.2, 0) is 73.5 Å². The third-order valence-corrected chi connectivity index (χ3v) is 20.1. The Labute approximate surface area is 532 Å². The third-order valence-electron chi connectivity index (χ3n) is 15.7. The summed E-state index contributed by atoms with van der Waals surface area (Å²) in [4.78, 5) is 34.2. The maximum atomic E-state index is 13.2. The number of nitrogens with zero attached hydrogens (tertiary/aromatic N) is 5. The van der Waals surface area contributed by atoms with Crippen LogP contribution in [0.5, 0.6) is 0 Å². The predicted molar refractivity (Wildman–Crippen MR) is 360 cm³/mol. The van der Waals surface area contributed by atoms with E-state index in [1.54, 1.807) is 83.6 Å². The van der Waals surface area contributed by atoms with Crippen molar-refractivity contribution in [3.8, 4) is 0 Å². The summed E-state index contributed by atoms with van der Waals surface area (Å²) < 4.78 is 102. The minimum absolute atomic E-state index is 0.0379. The fourth-order valence-electron chi connectivity index (χ4n) is 11.1. The maximum Gasteiger partial charge on any atom is 0.262 e. The van der Waals surface area contributed by atoms with Crippen molar-refractivity contribution in [1.29, 1.82) is 0 Å². The smallest absolute Gasteiger partial charge is 0.262 e. The SMILES string of the molecule is CN(C)c1cccc2c(S(=O)(=O)Nc3ccc(CN4CCOCC4)cc3)cccc12.CN(C)c1cccc2c(S(=O)(=O)Nc3ccc(CN4CCOCC4=O)cc3)cccc12.CNc1cccc2c(S(=O)(=O)Nc3ccc(CN4CCOCC4=O)cc3)cccc12. The molecule has 3 aliphatic heterocycles. The van der Waals surface area contributed by atoms with Gasteiger partial charge in [0.25, 0.3) is 30.1 Å². The van der Waals surface area contributed by atoms with Crippen LogP contribution in [-0.4, -0.2) is 153 Å².